The number of rotatable bonds is 7. The number of carbonyl (C=O) groups is 1. The fourth-order valence-corrected chi connectivity index (χ4v) is 3.04. The molecule has 2 heteroatoms. The van der Waals surface area contributed by atoms with E-state index >= 15 is 0 Å². The molecule has 0 bridgehead atoms. The summed E-state index contributed by atoms with van der Waals surface area (Å²) in [5, 5.41) is 3.65. The van der Waals surface area contributed by atoms with E-state index in [0.717, 1.165) is 19.3 Å². The summed E-state index contributed by atoms with van der Waals surface area (Å²) >= 11 is 0. The van der Waals surface area contributed by atoms with E-state index in [0.29, 0.717) is 12.2 Å². The minimum atomic E-state index is -0.0635. The van der Waals surface area contributed by atoms with Gasteiger partial charge >= 0.3 is 0 Å². The highest BCUT2D eigenvalue weighted by atomic mass is 16.1. The SMILES string of the molecule is CCCCC(=O)C(NC(C)(C)CC(C)(C)C)C(C)(C)C. The summed E-state index contributed by atoms with van der Waals surface area (Å²) in [7, 11) is 0. The Balaban J connectivity index is 4.95. The molecule has 0 saturated carbocycles. The molecule has 0 radical (unpaired) electrons. The van der Waals surface area contributed by atoms with E-state index in [1.807, 2.05) is 0 Å². The van der Waals surface area contributed by atoms with Crippen LogP contribution in [0.4, 0.5) is 0 Å². The van der Waals surface area contributed by atoms with Gasteiger partial charge < -0.3 is 5.32 Å². The van der Waals surface area contributed by atoms with Gasteiger partial charge in [0.25, 0.3) is 0 Å². The van der Waals surface area contributed by atoms with E-state index in [-0.39, 0.29) is 22.4 Å². The molecule has 0 aliphatic rings. The molecule has 1 unspecified atom stereocenters. The largest absolute Gasteiger partial charge is 0.302 e. The summed E-state index contributed by atoms with van der Waals surface area (Å²) in [5.74, 6) is 0.362. The molecule has 1 atom stereocenters. The third-order valence-corrected chi connectivity index (χ3v) is 3.47. The molecule has 0 aromatic carbocycles. The Morgan fingerprint density at radius 3 is 1.85 bits per heavy atom. The number of ketones is 1. The van der Waals surface area contributed by atoms with Crippen molar-refractivity contribution in [2.75, 3.05) is 0 Å². The first-order valence-electron chi connectivity index (χ1n) is 8.09. The maximum Gasteiger partial charge on any atom is 0.150 e. The third-order valence-electron chi connectivity index (χ3n) is 3.47. The quantitative estimate of drug-likeness (QED) is 0.715. The van der Waals surface area contributed by atoms with Crippen molar-refractivity contribution in [2.24, 2.45) is 10.8 Å². The molecule has 120 valence electrons. The van der Waals surface area contributed by atoms with Crippen LogP contribution in [0.2, 0.25) is 0 Å². The zero-order valence-electron chi connectivity index (χ0n) is 15.3. The molecular weight excluding hydrogens is 246 g/mol. The minimum Gasteiger partial charge on any atom is -0.302 e. The van der Waals surface area contributed by atoms with Crippen LogP contribution < -0.4 is 5.32 Å². The summed E-state index contributed by atoms with van der Waals surface area (Å²) in [6.45, 7) is 19.8. The zero-order chi connectivity index (χ0) is 16.2. The fourth-order valence-electron chi connectivity index (χ4n) is 3.04. The van der Waals surface area contributed by atoms with E-state index < -0.39 is 0 Å². The van der Waals surface area contributed by atoms with Gasteiger partial charge in [-0.15, -0.1) is 0 Å². The topological polar surface area (TPSA) is 29.1 Å². The van der Waals surface area contributed by atoms with Gasteiger partial charge in [0.15, 0.2) is 0 Å². The third kappa shape index (κ3) is 8.04. The minimum absolute atomic E-state index is 0.0297. The molecule has 1 N–H and O–H groups in total. The molecule has 0 amide bonds. The van der Waals surface area contributed by atoms with Crippen LogP contribution in [0.5, 0.6) is 0 Å². The summed E-state index contributed by atoms with van der Waals surface area (Å²) in [4.78, 5) is 12.5. The van der Waals surface area contributed by atoms with Crippen molar-refractivity contribution in [3.05, 3.63) is 0 Å². The molecule has 0 rings (SSSR count). The number of hydrogen-bond donors (Lipinski definition) is 1. The normalized spacial score (nSPS) is 15.2. The fraction of sp³-hybridized carbons (Fsp3) is 0.944. The maximum absolute atomic E-state index is 12.5. The summed E-state index contributed by atoms with van der Waals surface area (Å²) in [6, 6.07) is -0.0635. The molecule has 0 heterocycles. The molecular formula is C18H37NO. The second kappa shape index (κ2) is 7.06. The van der Waals surface area contributed by atoms with E-state index in [2.05, 4.69) is 67.6 Å². The Morgan fingerprint density at radius 1 is 1.00 bits per heavy atom. The Bertz CT molecular complexity index is 304. The van der Waals surface area contributed by atoms with E-state index in [4.69, 9.17) is 0 Å². The van der Waals surface area contributed by atoms with Crippen LogP contribution >= 0.6 is 0 Å². The number of carbonyl (C=O) groups excluding carboxylic acids is 1. The van der Waals surface area contributed by atoms with Crippen LogP contribution in [0.15, 0.2) is 0 Å². The van der Waals surface area contributed by atoms with Crippen molar-refractivity contribution in [1.29, 1.82) is 0 Å². The molecule has 0 aliphatic carbocycles. The lowest BCUT2D eigenvalue weighted by Crippen LogP contribution is -2.56. The predicted octanol–water partition coefficient (Wildman–Crippen LogP) is 4.96. The van der Waals surface area contributed by atoms with Crippen molar-refractivity contribution in [1.82, 2.24) is 5.32 Å². The van der Waals surface area contributed by atoms with Gasteiger partial charge in [0, 0.05) is 12.0 Å². The number of hydrogen-bond acceptors (Lipinski definition) is 2. The van der Waals surface area contributed by atoms with Crippen LogP contribution in [0, 0.1) is 10.8 Å². The first-order chi connectivity index (χ1) is 8.78. The van der Waals surface area contributed by atoms with E-state index in [1.165, 1.54) is 0 Å². The highest BCUT2D eigenvalue weighted by Gasteiger charge is 2.36. The van der Waals surface area contributed by atoms with Crippen molar-refractivity contribution < 1.29 is 4.79 Å². The molecule has 2 nitrogen and oxygen atoms in total. The van der Waals surface area contributed by atoms with Crippen molar-refractivity contribution in [3.63, 3.8) is 0 Å². The second-order valence-corrected chi connectivity index (χ2v) is 9.13. The Labute approximate surface area is 127 Å². The van der Waals surface area contributed by atoms with Crippen molar-refractivity contribution >= 4 is 5.78 Å². The van der Waals surface area contributed by atoms with Crippen molar-refractivity contribution in [3.8, 4) is 0 Å². The Kier molecular flexibility index (Phi) is 6.93. The highest BCUT2D eigenvalue weighted by molar-refractivity contribution is 5.84. The standard InChI is InChI=1S/C18H37NO/c1-10-11-12-14(20)15(17(5,6)7)19-18(8,9)13-16(2,3)4/h15,19H,10-13H2,1-9H3. The van der Waals surface area contributed by atoms with Crippen LogP contribution in [-0.2, 0) is 4.79 Å². The molecule has 0 aromatic heterocycles. The van der Waals surface area contributed by atoms with Crippen LogP contribution in [0.25, 0.3) is 0 Å². The van der Waals surface area contributed by atoms with Gasteiger partial charge in [0.1, 0.15) is 5.78 Å². The molecule has 0 aromatic rings. The van der Waals surface area contributed by atoms with Crippen LogP contribution in [-0.4, -0.2) is 17.4 Å². The van der Waals surface area contributed by atoms with Crippen LogP contribution in [0.1, 0.15) is 88.0 Å². The molecule has 20 heavy (non-hydrogen) atoms. The average molecular weight is 284 g/mol. The van der Waals surface area contributed by atoms with Gasteiger partial charge in [-0.1, -0.05) is 54.9 Å². The van der Waals surface area contributed by atoms with Gasteiger partial charge in [-0.05, 0) is 37.5 Å². The van der Waals surface area contributed by atoms with Gasteiger partial charge in [0.2, 0.25) is 0 Å². The summed E-state index contributed by atoms with van der Waals surface area (Å²) in [5.41, 5.74) is 0.184. The first-order valence-corrected chi connectivity index (χ1v) is 8.09. The maximum atomic E-state index is 12.5. The summed E-state index contributed by atoms with van der Waals surface area (Å²) in [6.07, 6.45) is 3.81. The van der Waals surface area contributed by atoms with Crippen LogP contribution in [0.3, 0.4) is 0 Å². The number of unbranched alkanes of at least 4 members (excludes halogenated alkanes) is 1. The molecule has 0 saturated heterocycles. The lowest BCUT2D eigenvalue weighted by Gasteiger charge is -2.41. The zero-order valence-corrected chi connectivity index (χ0v) is 15.3. The van der Waals surface area contributed by atoms with Gasteiger partial charge in [-0.3, -0.25) is 4.79 Å². The Morgan fingerprint density at radius 2 is 1.50 bits per heavy atom. The van der Waals surface area contributed by atoms with Gasteiger partial charge in [0.05, 0.1) is 6.04 Å². The average Bonchev–Trinajstić information content (AvgIpc) is 2.17. The van der Waals surface area contributed by atoms with E-state index in [1.54, 1.807) is 0 Å². The molecule has 0 spiro atoms. The monoisotopic (exact) mass is 283 g/mol. The molecule has 0 aliphatic heterocycles. The van der Waals surface area contributed by atoms with Crippen molar-refractivity contribution in [2.45, 2.75) is 99.6 Å². The first kappa shape index (κ1) is 19.6. The number of nitrogens with one attached hydrogen (secondary N) is 1. The second-order valence-electron chi connectivity index (χ2n) is 9.13. The van der Waals surface area contributed by atoms with Gasteiger partial charge in [-0.2, -0.15) is 0 Å². The smallest absolute Gasteiger partial charge is 0.150 e. The summed E-state index contributed by atoms with van der Waals surface area (Å²) < 4.78 is 0. The molecule has 0 fully saturated rings. The lowest BCUT2D eigenvalue weighted by atomic mass is 9.77. The number of Topliss-reactive ketones (excluding diaryl/α,β-unsaturated/α-hetero) is 1. The van der Waals surface area contributed by atoms with E-state index in [9.17, 15) is 4.79 Å². The highest BCUT2D eigenvalue weighted by Crippen LogP contribution is 2.30. The predicted molar refractivity (Wildman–Crippen MR) is 89.1 cm³/mol. The lowest BCUT2D eigenvalue weighted by molar-refractivity contribution is -0.124. The Hall–Kier alpha value is -0.370. The van der Waals surface area contributed by atoms with Gasteiger partial charge in [-0.25, -0.2) is 0 Å².